The van der Waals surface area contributed by atoms with Crippen LogP contribution in [0.1, 0.15) is 27.7 Å². The number of hydrogen-bond acceptors (Lipinski definition) is 4. The van der Waals surface area contributed by atoms with Gasteiger partial charge in [-0.25, -0.2) is 4.79 Å². The van der Waals surface area contributed by atoms with Gasteiger partial charge in [-0.15, -0.1) is 0 Å². The van der Waals surface area contributed by atoms with Gasteiger partial charge in [0.2, 0.25) is 5.91 Å². The summed E-state index contributed by atoms with van der Waals surface area (Å²) in [5.74, 6) is 0.626. The van der Waals surface area contributed by atoms with E-state index in [2.05, 4.69) is 22.6 Å². The number of hydrogen-bond donors (Lipinski definition) is 0. The van der Waals surface area contributed by atoms with Gasteiger partial charge >= 0.3 is 6.09 Å². The molecule has 1 aromatic rings. The summed E-state index contributed by atoms with van der Waals surface area (Å²) in [4.78, 5) is 27.4. The van der Waals surface area contributed by atoms with Crippen molar-refractivity contribution in [3.63, 3.8) is 0 Å². The Kier molecular flexibility index (Phi) is 9.08. The van der Waals surface area contributed by atoms with Gasteiger partial charge < -0.3 is 19.3 Å². The Labute approximate surface area is 175 Å². The molecule has 1 aromatic carbocycles. The van der Waals surface area contributed by atoms with Crippen molar-refractivity contribution in [3.8, 4) is 5.75 Å². The van der Waals surface area contributed by atoms with Gasteiger partial charge in [-0.2, -0.15) is 0 Å². The van der Waals surface area contributed by atoms with Gasteiger partial charge in [-0.3, -0.25) is 4.79 Å². The molecule has 0 aliphatic heterocycles. The highest BCUT2D eigenvalue weighted by atomic mass is 127. The van der Waals surface area contributed by atoms with E-state index in [9.17, 15) is 9.59 Å². The maximum atomic E-state index is 12.5. The summed E-state index contributed by atoms with van der Waals surface area (Å²) in [7, 11) is 3.37. The number of likely N-dealkylation sites (N-methyl/N-ethyl adjacent to an activating group) is 1. The van der Waals surface area contributed by atoms with Crippen LogP contribution >= 0.6 is 22.6 Å². The van der Waals surface area contributed by atoms with E-state index >= 15 is 0 Å². The van der Waals surface area contributed by atoms with Crippen LogP contribution in [0.5, 0.6) is 5.75 Å². The Bertz CT molecular complexity index is 664. The highest BCUT2D eigenvalue weighted by Crippen LogP contribution is 2.14. The smallest absolute Gasteiger partial charge is 0.410 e. The Morgan fingerprint density at radius 2 is 1.74 bits per heavy atom. The lowest BCUT2D eigenvalue weighted by atomic mass is 10.2. The average molecular weight is 488 g/mol. The molecule has 0 aliphatic rings. The zero-order chi connectivity index (χ0) is 20.6. The van der Waals surface area contributed by atoms with Gasteiger partial charge in [0.25, 0.3) is 0 Å². The van der Waals surface area contributed by atoms with E-state index in [0.717, 1.165) is 14.9 Å². The van der Waals surface area contributed by atoms with Crippen LogP contribution in [-0.4, -0.2) is 61.2 Å². The molecule has 0 heterocycles. The zero-order valence-electron chi connectivity index (χ0n) is 16.9. The first-order valence-corrected chi connectivity index (χ1v) is 9.80. The van der Waals surface area contributed by atoms with E-state index < -0.39 is 11.7 Å². The molecule has 0 unspecified atom stereocenters. The van der Waals surface area contributed by atoms with E-state index in [1.54, 1.807) is 19.0 Å². The minimum absolute atomic E-state index is 0.119. The highest BCUT2D eigenvalue weighted by Gasteiger charge is 2.22. The molecule has 1 rings (SSSR count). The lowest BCUT2D eigenvalue weighted by Crippen LogP contribution is -2.40. The molecule has 0 aliphatic carbocycles. The van der Waals surface area contributed by atoms with Crippen LogP contribution in [0.4, 0.5) is 4.79 Å². The van der Waals surface area contributed by atoms with Crippen molar-refractivity contribution in [2.45, 2.75) is 33.3 Å². The molecule has 150 valence electrons. The van der Waals surface area contributed by atoms with E-state index in [-0.39, 0.29) is 5.91 Å². The maximum Gasteiger partial charge on any atom is 0.410 e. The average Bonchev–Trinajstić information content (AvgIpc) is 2.53. The second-order valence-electron chi connectivity index (χ2n) is 7.43. The first-order valence-electron chi connectivity index (χ1n) is 8.72. The lowest BCUT2D eigenvalue weighted by molar-refractivity contribution is -0.123. The van der Waals surface area contributed by atoms with Crippen molar-refractivity contribution < 1.29 is 19.1 Å². The molecule has 0 saturated carbocycles. The van der Waals surface area contributed by atoms with Crippen molar-refractivity contribution in [2.75, 3.05) is 33.8 Å². The quantitative estimate of drug-likeness (QED) is 0.431. The third-order valence-corrected chi connectivity index (χ3v) is 4.07. The Morgan fingerprint density at radius 1 is 1.15 bits per heavy atom. The second kappa shape index (κ2) is 10.5. The number of ether oxygens (including phenoxy) is 2. The molecular formula is C20H29IN2O4. The number of carbonyl (C=O) groups excluding carboxylic acids is 2. The van der Waals surface area contributed by atoms with E-state index in [4.69, 9.17) is 9.47 Å². The molecule has 0 spiro atoms. The third-order valence-electron chi connectivity index (χ3n) is 3.35. The van der Waals surface area contributed by atoms with Gasteiger partial charge in [0.1, 0.15) is 18.0 Å². The molecule has 2 amide bonds. The summed E-state index contributed by atoms with van der Waals surface area (Å²) < 4.78 is 12.3. The fourth-order valence-corrected chi connectivity index (χ4v) is 2.41. The molecular weight excluding hydrogens is 459 g/mol. The van der Waals surface area contributed by atoms with Gasteiger partial charge in [-0.05, 0) is 80.1 Å². The second-order valence-corrected chi connectivity index (χ2v) is 8.67. The molecule has 6 nitrogen and oxygen atoms in total. The van der Waals surface area contributed by atoms with E-state index in [0.29, 0.717) is 19.7 Å². The molecule has 0 saturated heterocycles. The third kappa shape index (κ3) is 9.65. The standard InChI is InChI=1S/C20H29IN2O4/c1-15(13-18(24)22(5)6)14-23(19(25)27-20(2,3)4)11-12-26-17-9-7-16(21)8-10-17/h7-10,13H,11-12,14H2,1-6H3/b15-13+. The normalized spacial score (nSPS) is 11.7. The molecule has 27 heavy (non-hydrogen) atoms. The number of nitrogens with zero attached hydrogens (tertiary/aromatic N) is 2. The summed E-state index contributed by atoms with van der Waals surface area (Å²) in [6, 6.07) is 7.70. The van der Waals surface area contributed by atoms with Crippen molar-refractivity contribution in [3.05, 3.63) is 39.5 Å². The van der Waals surface area contributed by atoms with Gasteiger partial charge in [0.05, 0.1) is 6.54 Å². The van der Waals surface area contributed by atoms with Crippen LogP contribution < -0.4 is 4.74 Å². The minimum Gasteiger partial charge on any atom is -0.492 e. The Hall–Kier alpha value is -1.77. The first-order chi connectivity index (χ1) is 12.5. The van der Waals surface area contributed by atoms with Crippen LogP contribution in [0, 0.1) is 3.57 Å². The maximum absolute atomic E-state index is 12.5. The van der Waals surface area contributed by atoms with Crippen LogP contribution in [-0.2, 0) is 9.53 Å². The SMILES string of the molecule is C/C(=C\C(=O)N(C)C)CN(CCOc1ccc(I)cc1)C(=O)OC(C)(C)C. The minimum atomic E-state index is -0.594. The summed E-state index contributed by atoms with van der Waals surface area (Å²) in [5.41, 5.74) is 0.178. The summed E-state index contributed by atoms with van der Waals surface area (Å²) >= 11 is 2.23. The van der Waals surface area contributed by atoms with Crippen molar-refractivity contribution >= 4 is 34.6 Å². The number of rotatable bonds is 7. The number of amides is 2. The molecule has 0 aromatic heterocycles. The van der Waals surface area contributed by atoms with E-state index in [1.165, 1.54) is 11.0 Å². The van der Waals surface area contributed by atoms with Crippen molar-refractivity contribution in [1.82, 2.24) is 9.80 Å². The Balaban J connectivity index is 2.76. The molecule has 0 N–H and O–H groups in total. The summed E-state index contributed by atoms with van der Waals surface area (Å²) in [6.07, 6.45) is 1.09. The summed E-state index contributed by atoms with van der Waals surface area (Å²) in [5, 5.41) is 0. The number of benzene rings is 1. The van der Waals surface area contributed by atoms with Gasteiger partial charge in [0, 0.05) is 30.3 Å². The fourth-order valence-electron chi connectivity index (χ4n) is 2.05. The summed E-state index contributed by atoms with van der Waals surface area (Å²) in [6.45, 7) is 8.26. The van der Waals surface area contributed by atoms with Crippen LogP contribution in [0.15, 0.2) is 35.9 Å². The van der Waals surface area contributed by atoms with Gasteiger partial charge in [-0.1, -0.05) is 0 Å². The number of halogens is 1. The van der Waals surface area contributed by atoms with Crippen molar-refractivity contribution in [2.24, 2.45) is 0 Å². The topological polar surface area (TPSA) is 59.1 Å². The Morgan fingerprint density at radius 3 is 2.26 bits per heavy atom. The predicted octanol–water partition coefficient (Wildman–Crippen LogP) is 3.94. The van der Waals surface area contributed by atoms with Crippen molar-refractivity contribution in [1.29, 1.82) is 0 Å². The monoisotopic (exact) mass is 488 g/mol. The predicted molar refractivity (Wildman–Crippen MR) is 115 cm³/mol. The largest absolute Gasteiger partial charge is 0.492 e. The van der Waals surface area contributed by atoms with Crippen LogP contribution in [0.3, 0.4) is 0 Å². The van der Waals surface area contributed by atoms with Gasteiger partial charge in [0.15, 0.2) is 0 Å². The van der Waals surface area contributed by atoms with Crippen LogP contribution in [0.2, 0.25) is 0 Å². The van der Waals surface area contributed by atoms with Crippen LogP contribution in [0.25, 0.3) is 0 Å². The zero-order valence-corrected chi connectivity index (χ0v) is 19.1. The highest BCUT2D eigenvalue weighted by molar-refractivity contribution is 14.1. The molecule has 0 atom stereocenters. The lowest BCUT2D eigenvalue weighted by Gasteiger charge is -2.27. The number of carbonyl (C=O) groups is 2. The first kappa shape index (κ1) is 23.3. The molecule has 0 fully saturated rings. The molecule has 0 radical (unpaired) electrons. The molecule has 7 heteroatoms. The van der Waals surface area contributed by atoms with E-state index in [1.807, 2.05) is 52.0 Å². The molecule has 0 bridgehead atoms. The fraction of sp³-hybridized carbons (Fsp3) is 0.500.